The van der Waals surface area contributed by atoms with Crippen LogP contribution in [0.1, 0.15) is 5.69 Å². The third-order valence-electron chi connectivity index (χ3n) is 4.21. The van der Waals surface area contributed by atoms with Crippen molar-refractivity contribution in [3.63, 3.8) is 0 Å². The minimum atomic E-state index is -0.0691. The predicted molar refractivity (Wildman–Crippen MR) is 104 cm³/mol. The standard InChI is InChI=1S/C17H22ClN5OS/c1-21(2)16-9-13(3-4-15(16)18)20-17(24)23-7-5-22(6-8-23)10-14-11-25-12-19-14/h3-4,9,11-12H,5-8,10H2,1-2H3,(H,20,24). The van der Waals surface area contributed by atoms with E-state index in [9.17, 15) is 4.79 Å². The lowest BCUT2D eigenvalue weighted by Gasteiger charge is -2.34. The summed E-state index contributed by atoms with van der Waals surface area (Å²) in [6.07, 6.45) is 0. The Bertz CT molecular complexity index is 714. The average Bonchev–Trinajstić information content (AvgIpc) is 3.10. The van der Waals surface area contributed by atoms with Crippen LogP contribution in [-0.2, 0) is 6.54 Å². The monoisotopic (exact) mass is 379 g/mol. The minimum absolute atomic E-state index is 0.0691. The Hall–Kier alpha value is -1.83. The Kier molecular flexibility index (Phi) is 5.78. The van der Waals surface area contributed by atoms with E-state index in [4.69, 9.17) is 11.6 Å². The molecule has 0 aliphatic carbocycles. The van der Waals surface area contributed by atoms with Gasteiger partial charge in [-0.3, -0.25) is 4.90 Å². The number of hydrogen-bond donors (Lipinski definition) is 1. The van der Waals surface area contributed by atoms with Crippen molar-refractivity contribution in [3.8, 4) is 0 Å². The Balaban J connectivity index is 1.53. The number of carbonyl (C=O) groups is 1. The fraction of sp³-hybridized carbons (Fsp3) is 0.412. The summed E-state index contributed by atoms with van der Waals surface area (Å²) in [5.74, 6) is 0. The Morgan fingerprint density at radius 2 is 2.08 bits per heavy atom. The second kappa shape index (κ2) is 8.03. The highest BCUT2D eigenvalue weighted by atomic mass is 35.5. The first-order chi connectivity index (χ1) is 12.0. The molecular formula is C17H22ClN5OS. The summed E-state index contributed by atoms with van der Waals surface area (Å²) >= 11 is 7.79. The fourth-order valence-corrected chi connectivity index (χ4v) is 3.63. The number of amides is 2. The number of halogens is 1. The van der Waals surface area contributed by atoms with Crippen LogP contribution in [0.5, 0.6) is 0 Å². The number of hydrogen-bond acceptors (Lipinski definition) is 5. The van der Waals surface area contributed by atoms with Crippen LogP contribution in [0, 0.1) is 0 Å². The van der Waals surface area contributed by atoms with Crippen molar-refractivity contribution >= 4 is 40.3 Å². The van der Waals surface area contributed by atoms with Crippen LogP contribution in [0.4, 0.5) is 16.2 Å². The highest BCUT2D eigenvalue weighted by Gasteiger charge is 2.21. The molecule has 0 unspecified atom stereocenters. The van der Waals surface area contributed by atoms with Gasteiger partial charge in [0.25, 0.3) is 0 Å². The molecule has 2 amide bonds. The van der Waals surface area contributed by atoms with Gasteiger partial charge in [0.1, 0.15) is 0 Å². The minimum Gasteiger partial charge on any atom is -0.376 e. The molecule has 8 heteroatoms. The van der Waals surface area contributed by atoms with Crippen molar-refractivity contribution in [1.29, 1.82) is 0 Å². The van der Waals surface area contributed by atoms with Crippen molar-refractivity contribution in [1.82, 2.24) is 14.8 Å². The number of nitrogens with zero attached hydrogens (tertiary/aromatic N) is 4. The van der Waals surface area contributed by atoms with Gasteiger partial charge in [-0.15, -0.1) is 11.3 Å². The van der Waals surface area contributed by atoms with Gasteiger partial charge in [-0.25, -0.2) is 9.78 Å². The normalized spacial score (nSPS) is 15.2. The second-order valence-electron chi connectivity index (χ2n) is 6.23. The third kappa shape index (κ3) is 4.62. The maximum Gasteiger partial charge on any atom is 0.321 e. The Morgan fingerprint density at radius 3 is 2.72 bits per heavy atom. The zero-order valence-corrected chi connectivity index (χ0v) is 16.0. The summed E-state index contributed by atoms with van der Waals surface area (Å²) in [5.41, 5.74) is 4.59. The van der Waals surface area contributed by atoms with E-state index in [1.54, 1.807) is 17.4 Å². The molecule has 1 aromatic carbocycles. The van der Waals surface area contributed by atoms with Crippen LogP contribution < -0.4 is 10.2 Å². The van der Waals surface area contributed by atoms with E-state index in [0.717, 1.165) is 36.7 Å². The molecule has 1 aromatic heterocycles. The van der Waals surface area contributed by atoms with Gasteiger partial charge >= 0.3 is 6.03 Å². The largest absolute Gasteiger partial charge is 0.376 e. The van der Waals surface area contributed by atoms with Crippen LogP contribution in [-0.4, -0.2) is 61.1 Å². The quantitative estimate of drug-likeness (QED) is 0.886. The number of anilines is 2. The number of aromatic nitrogens is 1. The van der Waals surface area contributed by atoms with E-state index < -0.39 is 0 Å². The molecule has 0 spiro atoms. The number of nitrogens with one attached hydrogen (secondary N) is 1. The zero-order chi connectivity index (χ0) is 17.8. The lowest BCUT2D eigenvalue weighted by atomic mass is 10.2. The van der Waals surface area contributed by atoms with Crippen LogP contribution >= 0.6 is 22.9 Å². The molecule has 1 aliphatic rings. The average molecular weight is 380 g/mol. The summed E-state index contributed by atoms with van der Waals surface area (Å²) in [7, 11) is 3.85. The molecule has 0 saturated carbocycles. The van der Waals surface area contributed by atoms with E-state index in [1.165, 1.54) is 0 Å². The number of benzene rings is 1. The van der Waals surface area contributed by atoms with Gasteiger partial charge < -0.3 is 15.1 Å². The molecule has 2 aromatic rings. The van der Waals surface area contributed by atoms with Gasteiger partial charge in [0.15, 0.2) is 0 Å². The van der Waals surface area contributed by atoms with Crippen molar-refractivity contribution < 1.29 is 4.79 Å². The molecule has 134 valence electrons. The third-order valence-corrected chi connectivity index (χ3v) is 5.16. The highest BCUT2D eigenvalue weighted by molar-refractivity contribution is 7.07. The predicted octanol–water partition coefficient (Wildman–Crippen LogP) is 3.21. The van der Waals surface area contributed by atoms with E-state index in [1.807, 2.05) is 41.5 Å². The molecule has 25 heavy (non-hydrogen) atoms. The van der Waals surface area contributed by atoms with Gasteiger partial charge in [0, 0.05) is 57.9 Å². The van der Waals surface area contributed by atoms with Crippen molar-refractivity contribution in [2.75, 3.05) is 50.5 Å². The lowest BCUT2D eigenvalue weighted by Crippen LogP contribution is -2.49. The molecule has 6 nitrogen and oxygen atoms in total. The highest BCUT2D eigenvalue weighted by Crippen LogP contribution is 2.27. The number of thiazole rings is 1. The molecule has 1 N–H and O–H groups in total. The number of carbonyl (C=O) groups excluding carboxylic acids is 1. The van der Waals surface area contributed by atoms with Crippen LogP contribution in [0.15, 0.2) is 29.1 Å². The zero-order valence-electron chi connectivity index (χ0n) is 14.4. The fourth-order valence-electron chi connectivity index (χ4n) is 2.79. The van der Waals surface area contributed by atoms with Gasteiger partial charge in [0.05, 0.1) is 21.9 Å². The topological polar surface area (TPSA) is 51.7 Å². The Labute approximate surface area is 157 Å². The van der Waals surface area contributed by atoms with Crippen molar-refractivity contribution in [2.45, 2.75) is 6.54 Å². The molecular weight excluding hydrogens is 358 g/mol. The smallest absolute Gasteiger partial charge is 0.321 e. The Morgan fingerprint density at radius 1 is 1.32 bits per heavy atom. The lowest BCUT2D eigenvalue weighted by molar-refractivity contribution is 0.142. The first-order valence-corrected chi connectivity index (χ1v) is 9.47. The molecule has 0 bridgehead atoms. The molecule has 1 saturated heterocycles. The van der Waals surface area contributed by atoms with Crippen LogP contribution in [0.25, 0.3) is 0 Å². The first kappa shape index (κ1) is 18.0. The molecule has 2 heterocycles. The van der Waals surface area contributed by atoms with Gasteiger partial charge in [-0.2, -0.15) is 0 Å². The van der Waals surface area contributed by atoms with Crippen molar-refractivity contribution in [3.05, 3.63) is 39.8 Å². The van der Waals surface area contributed by atoms with Gasteiger partial charge in [-0.1, -0.05) is 11.6 Å². The number of rotatable bonds is 4. The van der Waals surface area contributed by atoms with E-state index >= 15 is 0 Å². The summed E-state index contributed by atoms with van der Waals surface area (Å²) in [6.45, 7) is 3.99. The maximum absolute atomic E-state index is 12.5. The second-order valence-corrected chi connectivity index (χ2v) is 7.36. The van der Waals surface area contributed by atoms with Crippen molar-refractivity contribution in [2.24, 2.45) is 0 Å². The SMILES string of the molecule is CN(C)c1cc(NC(=O)N2CCN(Cc3cscn3)CC2)ccc1Cl. The van der Waals surface area contributed by atoms with Crippen LogP contribution in [0.2, 0.25) is 5.02 Å². The maximum atomic E-state index is 12.5. The van der Waals surface area contributed by atoms with Crippen LogP contribution in [0.3, 0.4) is 0 Å². The summed E-state index contributed by atoms with van der Waals surface area (Å²) in [6, 6.07) is 5.45. The molecule has 1 fully saturated rings. The summed E-state index contributed by atoms with van der Waals surface area (Å²) in [4.78, 5) is 22.9. The van der Waals surface area contributed by atoms with E-state index in [0.29, 0.717) is 18.1 Å². The number of piperazine rings is 1. The molecule has 1 aliphatic heterocycles. The van der Waals surface area contributed by atoms with Gasteiger partial charge in [-0.05, 0) is 18.2 Å². The molecule has 0 radical (unpaired) electrons. The number of urea groups is 1. The summed E-state index contributed by atoms with van der Waals surface area (Å²) < 4.78 is 0. The first-order valence-electron chi connectivity index (χ1n) is 8.15. The molecule has 3 rings (SSSR count). The van der Waals surface area contributed by atoms with E-state index in [-0.39, 0.29) is 6.03 Å². The molecule has 0 atom stereocenters. The summed E-state index contributed by atoms with van der Waals surface area (Å²) in [5, 5.41) is 5.70. The van der Waals surface area contributed by atoms with E-state index in [2.05, 4.69) is 20.6 Å². The van der Waals surface area contributed by atoms with Gasteiger partial charge in [0.2, 0.25) is 0 Å².